The first-order valence-electron chi connectivity index (χ1n) is 8.08. The fourth-order valence-electron chi connectivity index (χ4n) is 3.08. The molecule has 2 aromatic carbocycles. The smallest absolute Gasteiger partial charge is 0.390 e. The summed E-state index contributed by atoms with van der Waals surface area (Å²) in [5, 5.41) is 14.5. The summed E-state index contributed by atoms with van der Waals surface area (Å²) in [7, 11) is 0. The first kappa shape index (κ1) is 20.0. The number of aliphatic hydroxyl groups is 1. The first-order valence-corrected chi connectivity index (χ1v) is 8.08. The summed E-state index contributed by atoms with van der Waals surface area (Å²) in [6, 6.07) is 5.78. The van der Waals surface area contributed by atoms with Crippen molar-refractivity contribution in [2.75, 3.05) is 5.32 Å². The van der Waals surface area contributed by atoms with E-state index in [0.29, 0.717) is 17.7 Å². The highest BCUT2D eigenvalue weighted by Crippen LogP contribution is 2.37. The second kappa shape index (κ2) is 7.01. The number of halogens is 6. The highest BCUT2D eigenvalue weighted by atomic mass is 19.4. The average Bonchev–Trinajstić information content (AvgIpc) is 2.88. The summed E-state index contributed by atoms with van der Waals surface area (Å²) < 4.78 is 77.3. The molecule has 2 atom stereocenters. The van der Waals surface area contributed by atoms with Crippen LogP contribution in [0.4, 0.5) is 36.8 Å². The number of anilines is 1. The van der Waals surface area contributed by atoms with E-state index in [1.165, 1.54) is 0 Å². The summed E-state index contributed by atoms with van der Waals surface area (Å²) in [4.78, 5) is 12.1. The molecule has 4 nitrogen and oxygen atoms in total. The normalized spacial score (nSPS) is 19.2. The van der Waals surface area contributed by atoms with Crippen LogP contribution in [0, 0.1) is 0 Å². The molecule has 0 aromatic heterocycles. The van der Waals surface area contributed by atoms with E-state index in [1.807, 2.05) is 5.32 Å². The van der Waals surface area contributed by atoms with E-state index in [9.17, 15) is 36.2 Å². The molecule has 1 aliphatic carbocycles. The number of fused-ring (bicyclic) bond motifs is 1. The lowest BCUT2D eigenvalue weighted by molar-refractivity contribution is -0.143. The number of urea groups is 1. The molecule has 28 heavy (non-hydrogen) atoms. The van der Waals surface area contributed by atoms with Crippen LogP contribution < -0.4 is 10.6 Å². The second-order valence-electron chi connectivity index (χ2n) is 6.34. The predicted octanol–water partition coefficient (Wildman–Crippen LogP) is 4.50. The number of hydrogen-bond acceptors (Lipinski definition) is 2. The molecule has 2 aromatic rings. The third kappa shape index (κ3) is 4.22. The van der Waals surface area contributed by atoms with Gasteiger partial charge in [-0.05, 0) is 29.3 Å². The number of carbonyl (C=O) groups excluding carboxylic acids is 1. The molecule has 150 valence electrons. The zero-order valence-electron chi connectivity index (χ0n) is 14.0. The average molecular weight is 404 g/mol. The number of hydrogen-bond donors (Lipinski definition) is 3. The highest BCUT2D eigenvalue weighted by molar-refractivity contribution is 5.90. The maximum absolute atomic E-state index is 12.9. The number of rotatable bonds is 2. The third-order valence-corrected chi connectivity index (χ3v) is 4.34. The molecule has 0 aliphatic heterocycles. The number of nitrogens with one attached hydrogen (secondary N) is 2. The Kier molecular flexibility index (Phi) is 5.00. The lowest BCUT2D eigenvalue weighted by Crippen LogP contribution is -2.36. The van der Waals surface area contributed by atoms with Crippen LogP contribution in [0.5, 0.6) is 0 Å². The third-order valence-electron chi connectivity index (χ3n) is 4.34. The van der Waals surface area contributed by atoms with Crippen LogP contribution in [0.15, 0.2) is 42.5 Å². The number of carbonyl (C=O) groups is 1. The molecular formula is C18H14F6N2O2. The summed E-state index contributed by atoms with van der Waals surface area (Å²) in [5.41, 5.74) is -2.32. The molecule has 0 bridgehead atoms. The molecule has 0 saturated heterocycles. The van der Waals surface area contributed by atoms with Crippen LogP contribution in [0.1, 0.15) is 28.3 Å². The van der Waals surface area contributed by atoms with E-state index in [1.54, 1.807) is 24.3 Å². The van der Waals surface area contributed by atoms with Gasteiger partial charge in [-0.1, -0.05) is 24.3 Å². The van der Waals surface area contributed by atoms with Crippen LogP contribution >= 0.6 is 0 Å². The van der Waals surface area contributed by atoms with Crippen molar-refractivity contribution < 1.29 is 36.2 Å². The van der Waals surface area contributed by atoms with Gasteiger partial charge in [0.25, 0.3) is 0 Å². The lowest BCUT2D eigenvalue weighted by Gasteiger charge is -2.19. The van der Waals surface area contributed by atoms with Gasteiger partial charge in [0, 0.05) is 12.1 Å². The van der Waals surface area contributed by atoms with Crippen molar-refractivity contribution in [1.82, 2.24) is 5.32 Å². The Morgan fingerprint density at radius 3 is 2.11 bits per heavy atom. The van der Waals surface area contributed by atoms with Crippen LogP contribution in [0.2, 0.25) is 0 Å². The zero-order chi connectivity index (χ0) is 20.7. The van der Waals surface area contributed by atoms with Gasteiger partial charge in [-0.2, -0.15) is 26.3 Å². The van der Waals surface area contributed by atoms with Gasteiger partial charge in [-0.3, -0.25) is 0 Å². The van der Waals surface area contributed by atoms with Crippen molar-refractivity contribution in [3.63, 3.8) is 0 Å². The Balaban J connectivity index is 1.82. The molecule has 2 amide bonds. The van der Waals surface area contributed by atoms with E-state index in [0.717, 1.165) is 5.56 Å². The summed E-state index contributed by atoms with van der Waals surface area (Å²) in [5.74, 6) is 0. The van der Waals surface area contributed by atoms with Gasteiger partial charge in [-0.25, -0.2) is 4.79 Å². The number of aliphatic hydroxyl groups excluding tert-OH is 1. The standard InChI is InChI=1S/C18H14F6N2O2/c19-17(20,21)10-6-11(18(22,23)24)8-12(7-10)25-16(28)26-15-13-4-2-1-3-9(13)5-14(15)27/h1-4,6-8,14-15,27H,5H2,(H2,25,26,28)/t14-,15+/m0/s1. The van der Waals surface area contributed by atoms with Gasteiger partial charge in [-0.15, -0.1) is 0 Å². The number of benzene rings is 2. The minimum absolute atomic E-state index is 0.0277. The van der Waals surface area contributed by atoms with Crippen molar-refractivity contribution in [3.8, 4) is 0 Å². The van der Waals surface area contributed by atoms with E-state index < -0.39 is 47.3 Å². The van der Waals surface area contributed by atoms with Crippen molar-refractivity contribution in [3.05, 3.63) is 64.7 Å². The lowest BCUT2D eigenvalue weighted by atomic mass is 10.1. The second-order valence-corrected chi connectivity index (χ2v) is 6.34. The van der Waals surface area contributed by atoms with Crippen molar-refractivity contribution in [2.24, 2.45) is 0 Å². The molecule has 10 heteroatoms. The fraction of sp³-hybridized carbons (Fsp3) is 0.278. The van der Waals surface area contributed by atoms with Crippen LogP contribution in [0.3, 0.4) is 0 Å². The minimum Gasteiger partial charge on any atom is -0.390 e. The maximum Gasteiger partial charge on any atom is 0.416 e. The van der Waals surface area contributed by atoms with Gasteiger partial charge in [0.2, 0.25) is 0 Å². The monoisotopic (exact) mass is 404 g/mol. The van der Waals surface area contributed by atoms with Gasteiger partial charge in [0.15, 0.2) is 0 Å². The number of amides is 2. The Hall–Kier alpha value is -2.75. The molecule has 3 rings (SSSR count). The Morgan fingerprint density at radius 2 is 1.54 bits per heavy atom. The van der Waals surface area contributed by atoms with Crippen LogP contribution in [0.25, 0.3) is 0 Å². The largest absolute Gasteiger partial charge is 0.416 e. The SMILES string of the molecule is O=C(Nc1cc(C(F)(F)F)cc(C(F)(F)F)c1)N[C@@H]1c2ccccc2C[C@@H]1O. The van der Waals surface area contributed by atoms with Gasteiger partial charge >= 0.3 is 18.4 Å². The Bertz CT molecular complexity index is 862. The quantitative estimate of drug-likeness (QED) is 0.646. The van der Waals surface area contributed by atoms with Crippen molar-refractivity contribution in [2.45, 2.75) is 30.9 Å². The van der Waals surface area contributed by atoms with E-state index in [2.05, 4.69) is 5.32 Å². The van der Waals surface area contributed by atoms with Gasteiger partial charge in [0.05, 0.1) is 23.3 Å². The van der Waals surface area contributed by atoms with Crippen LogP contribution in [-0.4, -0.2) is 17.2 Å². The maximum atomic E-state index is 12.9. The van der Waals surface area contributed by atoms with Crippen molar-refractivity contribution in [1.29, 1.82) is 0 Å². The summed E-state index contributed by atoms with van der Waals surface area (Å²) >= 11 is 0. The minimum atomic E-state index is -5.02. The molecule has 0 spiro atoms. The van der Waals surface area contributed by atoms with Gasteiger partial charge in [0.1, 0.15) is 0 Å². The van der Waals surface area contributed by atoms with Crippen molar-refractivity contribution >= 4 is 11.7 Å². The fourth-order valence-corrected chi connectivity index (χ4v) is 3.08. The van der Waals surface area contributed by atoms with E-state index >= 15 is 0 Å². The molecule has 0 unspecified atom stereocenters. The Labute approximate surface area is 155 Å². The molecule has 0 heterocycles. The topological polar surface area (TPSA) is 61.4 Å². The molecule has 0 saturated carbocycles. The number of alkyl halides is 6. The summed E-state index contributed by atoms with van der Waals surface area (Å²) in [6.45, 7) is 0. The summed E-state index contributed by atoms with van der Waals surface area (Å²) in [6.07, 6.45) is -10.7. The van der Waals surface area contributed by atoms with E-state index in [4.69, 9.17) is 0 Å². The zero-order valence-corrected chi connectivity index (χ0v) is 14.0. The first-order chi connectivity index (χ1) is 12.9. The Morgan fingerprint density at radius 1 is 0.964 bits per heavy atom. The van der Waals surface area contributed by atoms with Crippen LogP contribution in [-0.2, 0) is 18.8 Å². The molecular weight excluding hydrogens is 390 g/mol. The predicted molar refractivity (Wildman–Crippen MR) is 87.5 cm³/mol. The van der Waals surface area contributed by atoms with E-state index in [-0.39, 0.29) is 12.5 Å². The molecule has 0 fully saturated rings. The molecule has 0 radical (unpaired) electrons. The molecule has 3 N–H and O–H groups in total. The highest BCUT2D eigenvalue weighted by Gasteiger charge is 2.37. The van der Waals surface area contributed by atoms with Gasteiger partial charge < -0.3 is 15.7 Å². The molecule has 1 aliphatic rings.